The first-order valence-corrected chi connectivity index (χ1v) is 6.27. The third-order valence-corrected chi connectivity index (χ3v) is 2.89. The van der Waals surface area contributed by atoms with Crippen LogP contribution in [-0.2, 0) is 6.54 Å². The molecule has 1 unspecified atom stereocenters. The van der Waals surface area contributed by atoms with Crippen molar-refractivity contribution in [1.82, 2.24) is 9.55 Å². The summed E-state index contributed by atoms with van der Waals surface area (Å²) in [5.41, 5.74) is 14.5. The van der Waals surface area contributed by atoms with Crippen molar-refractivity contribution in [3.8, 4) is 5.69 Å². The summed E-state index contributed by atoms with van der Waals surface area (Å²) in [4.78, 5) is 4.25. The Bertz CT molecular complexity index is 553. The number of aromatic nitrogens is 2. The highest BCUT2D eigenvalue weighted by Gasteiger charge is 2.08. The lowest BCUT2D eigenvalue weighted by Gasteiger charge is -2.04. The van der Waals surface area contributed by atoms with E-state index in [4.69, 9.17) is 16.9 Å². The lowest BCUT2D eigenvalue weighted by atomic mass is 10.1. The maximum atomic E-state index is 7.93. The first kappa shape index (κ1) is 13.5. The molecule has 19 heavy (non-hydrogen) atoms. The van der Waals surface area contributed by atoms with Crippen molar-refractivity contribution in [3.05, 3.63) is 48.0 Å². The van der Waals surface area contributed by atoms with E-state index >= 15 is 0 Å². The molecule has 0 bridgehead atoms. The number of nitrogens with zero attached hydrogens (tertiary/aromatic N) is 2. The highest BCUT2D eigenvalue weighted by atomic mass is 15.0. The predicted octanol–water partition coefficient (Wildman–Crippen LogP) is 1.44. The van der Waals surface area contributed by atoms with Crippen molar-refractivity contribution < 1.29 is 0 Å². The second-order valence-corrected chi connectivity index (χ2v) is 4.70. The largest absolute Gasteiger partial charge is 0.328 e. The fourth-order valence-electron chi connectivity index (χ4n) is 1.85. The highest BCUT2D eigenvalue weighted by Crippen LogP contribution is 2.11. The highest BCUT2D eigenvalue weighted by molar-refractivity contribution is 5.96. The Balaban J connectivity index is 2.18. The molecule has 0 radical (unpaired) electrons. The molecule has 0 saturated heterocycles. The SMILES string of the molecule is CC(N)CC(=N)c1cn(-c2ccc(CN)cc2)cn1. The fourth-order valence-corrected chi connectivity index (χ4v) is 1.85. The zero-order valence-corrected chi connectivity index (χ0v) is 11.0. The van der Waals surface area contributed by atoms with Gasteiger partial charge in [-0.25, -0.2) is 4.98 Å². The van der Waals surface area contributed by atoms with Crippen molar-refractivity contribution >= 4 is 5.71 Å². The number of benzene rings is 1. The van der Waals surface area contributed by atoms with E-state index in [1.807, 2.05) is 42.0 Å². The van der Waals surface area contributed by atoms with E-state index < -0.39 is 0 Å². The molecule has 0 amide bonds. The Morgan fingerprint density at radius 1 is 1.37 bits per heavy atom. The van der Waals surface area contributed by atoms with Gasteiger partial charge >= 0.3 is 0 Å². The van der Waals surface area contributed by atoms with Crippen LogP contribution in [0.15, 0.2) is 36.8 Å². The van der Waals surface area contributed by atoms with E-state index in [0.29, 0.717) is 24.4 Å². The summed E-state index contributed by atoms with van der Waals surface area (Å²) in [6.07, 6.45) is 4.09. The van der Waals surface area contributed by atoms with Crippen LogP contribution in [0.25, 0.3) is 5.69 Å². The fraction of sp³-hybridized carbons (Fsp3) is 0.286. The Labute approximate surface area is 112 Å². The van der Waals surface area contributed by atoms with Crippen LogP contribution in [-0.4, -0.2) is 21.3 Å². The van der Waals surface area contributed by atoms with Gasteiger partial charge in [0.1, 0.15) is 5.69 Å². The maximum absolute atomic E-state index is 7.93. The van der Waals surface area contributed by atoms with Gasteiger partial charge in [-0.1, -0.05) is 12.1 Å². The number of hydrogen-bond acceptors (Lipinski definition) is 4. The van der Waals surface area contributed by atoms with Gasteiger partial charge in [0.05, 0.1) is 12.0 Å². The molecule has 100 valence electrons. The van der Waals surface area contributed by atoms with Gasteiger partial charge < -0.3 is 21.4 Å². The van der Waals surface area contributed by atoms with E-state index in [9.17, 15) is 0 Å². The maximum Gasteiger partial charge on any atom is 0.102 e. The summed E-state index contributed by atoms with van der Waals surface area (Å²) in [5.74, 6) is 0. The van der Waals surface area contributed by atoms with Crippen LogP contribution < -0.4 is 11.5 Å². The Morgan fingerprint density at radius 3 is 2.63 bits per heavy atom. The molecule has 0 aliphatic heterocycles. The summed E-state index contributed by atoms with van der Waals surface area (Å²) in [6.45, 7) is 2.42. The summed E-state index contributed by atoms with van der Waals surface area (Å²) < 4.78 is 1.89. The third-order valence-electron chi connectivity index (χ3n) is 2.89. The summed E-state index contributed by atoms with van der Waals surface area (Å²) >= 11 is 0. The third kappa shape index (κ3) is 3.27. The topological polar surface area (TPSA) is 93.7 Å². The first-order chi connectivity index (χ1) is 9.10. The molecule has 5 heteroatoms. The van der Waals surface area contributed by atoms with Crippen LogP contribution >= 0.6 is 0 Å². The van der Waals surface area contributed by atoms with E-state index in [0.717, 1.165) is 11.3 Å². The van der Waals surface area contributed by atoms with Crippen molar-refractivity contribution in [2.75, 3.05) is 0 Å². The normalized spacial score (nSPS) is 12.4. The molecule has 1 aromatic carbocycles. The molecule has 1 heterocycles. The molecule has 5 N–H and O–H groups in total. The molecule has 5 nitrogen and oxygen atoms in total. The van der Waals surface area contributed by atoms with E-state index in [2.05, 4.69) is 4.98 Å². The summed E-state index contributed by atoms with van der Waals surface area (Å²) in [6, 6.07) is 7.93. The molecule has 2 aromatic rings. The molecule has 1 aromatic heterocycles. The lowest BCUT2D eigenvalue weighted by Crippen LogP contribution is -2.19. The van der Waals surface area contributed by atoms with Crippen LogP contribution in [0.1, 0.15) is 24.6 Å². The molecule has 0 saturated carbocycles. The van der Waals surface area contributed by atoms with Gasteiger partial charge in [0.15, 0.2) is 0 Å². The average Bonchev–Trinajstić information content (AvgIpc) is 2.88. The molecular formula is C14H19N5. The number of imidazole rings is 1. The summed E-state index contributed by atoms with van der Waals surface area (Å²) in [5, 5.41) is 7.93. The molecule has 0 aliphatic carbocycles. The Morgan fingerprint density at radius 2 is 2.05 bits per heavy atom. The minimum absolute atomic E-state index is 0.0264. The Kier molecular flexibility index (Phi) is 4.09. The van der Waals surface area contributed by atoms with Crippen molar-refractivity contribution in [3.63, 3.8) is 0 Å². The quantitative estimate of drug-likeness (QED) is 0.707. The molecule has 1 atom stereocenters. The lowest BCUT2D eigenvalue weighted by molar-refractivity contribution is 0.775. The summed E-state index contributed by atoms with van der Waals surface area (Å²) in [7, 11) is 0. The van der Waals surface area contributed by atoms with Gasteiger partial charge in [0.25, 0.3) is 0 Å². The van der Waals surface area contributed by atoms with Crippen molar-refractivity contribution in [2.45, 2.75) is 25.9 Å². The van der Waals surface area contributed by atoms with E-state index in [1.165, 1.54) is 0 Å². The van der Waals surface area contributed by atoms with Crippen LogP contribution in [0.3, 0.4) is 0 Å². The van der Waals surface area contributed by atoms with Gasteiger partial charge in [-0.3, -0.25) is 0 Å². The first-order valence-electron chi connectivity index (χ1n) is 6.27. The molecular weight excluding hydrogens is 238 g/mol. The number of nitrogens with one attached hydrogen (secondary N) is 1. The minimum Gasteiger partial charge on any atom is -0.328 e. The second kappa shape index (κ2) is 5.77. The molecule has 0 fully saturated rings. The van der Waals surface area contributed by atoms with Crippen LogP contribution in [0, 0.1) is 5.41 Å². The van der Waals surface area contributed by atoms with E-state index in [1.54, 1.807) is 6.33 Å². The standard InChI is InChI=1S/C14H19N5/c1-10(16)6-13(17)14-8-19(9-18-14)12-4-2-11(7-15)3-5-12/h2-5,8-10,17H,6-7,15-16H2,1H3. The van der Waals surface area contributed by atoms with Gasteiger partial charge in [-0.05, 0) is 24.6 Å². The predicted molar refractivity (Wildman–Crippen MR) is 76.6 cm³/mol. The average molecular weight is 257 g/mol. The number of nitrogens with two attached hydrogens (primary N) is 2. The molecule has 2 rings (SSSR count). The minimum atomic E-state index is -0.0264. The monoisotopic (exact) mass is 257 g/mol. The smallest absolute Gasteiger partial charge is 0.102 e. The van der Waals surface area contributed by atoms with Gasteiger partial charge in [-0.2, -0.15) is 0 Å². The van der Waals surface area contributed by atoms with Crippen LogP contribution in [0.5, 0.6) is 0 Å². The van der Waals surface area contributed by atoms with Crippen molar-refractivity contribution in [2.24, 2.45) is 11.5 Å². The molecule has 0 spiro atoms. The van der Waals surface area contributed by atoms with Gasteiger partial charge in [-0.15, -0.1) is 0 Å². The zero-order chi connectivity index (χ0) is 13.8. The second-order valence-electron chi connectivity index (χ2n) is 4.70. The van der Waals surface area contributed by atoms with Crippen molar-refractivity contribution in [1.29, 1.82) is 5.41 Å². The Hall–Kier alpha value is -1.98. The van der Waals surface area contributed by atoms with E-state index in [-0.39, 0.29) is 6.04 Å². The molecule has 0 aliphatic rings. The van der Waals surface area contributed by atoms with Gasteiger partial charge in [0.2, 0.25) is 0 Å². The van der Waals surface area contributed by atoms with Gasteiger partial charge in [0, 0.05) is 30.9 Å². The van der Waals surface area contributed by atoms with Crippen LogP contribution in [0.4, 0.5) is 0 Å². The number of rotatable bonds is 5. The number of hydrogen-bond donors (Lipinski definition) is 3. The van der Waals surface area contributed by atoms with Crippen LogP contribution in [0.2, 0.25) is 0 Å². The zero-order valence-electron chi connectivity index (χ0n) is 11.0.